The Hall–Kier alpha value is -0.870. The summed E-state index contributed by atoms with van der Waals surface area (Å²) in [6, 6.07) is 11.2. The van der Waals surface area contributed by atoms with Crippen LogP contribution in [0.25, 0.3) is 0 Å². The van der Waals surface area contributed by atoms with Gasteiger partial charge in [-0.15, -0.1) is 0 Å². The molecule has 4 heteroatoms. The van der Waals surface area contributed by atoms with Gasteiger partial charge in [0.1, 0.15) is 17.7 Å². The molecule has 1 nitrogen and oxygen atoms in total. The number of hydrogen-bond donors (Lipinski definition) is 0. The molecule has 0 N–H and O–H groups in total. The molecule has 2 aromatic rings. The highest BCUT2D eigenvalue weighted by Crippen LogP contribution is 2.37. The van der Waals surface area contributed by atoms with Crippen LogP contribution in [-0.4, -0.2) is 6.10 Å². The number of halogens is 3. The monoisotopic (exact) mass is 398 g/mol. The molecule has 1 aliphatic rings. The molecule has 2 atom stereocenters. The summed E-state index contributed by atoms with van der Waals surface area (Å²) in [5, 5.41) is 0. The van der Waals surface area contributed by atoms with Crippen LogP contribution in [0.1, 0.15) is 28.4 Å². The van der Waals surface area contributed by atoms with Crippen molar-refractivity contribution < 1.29 is 9.13 Å². The van der Waals surface area contributed by atoms with Crippen LogP contribution in [0.5, 0.6) is 5.75 Å². The van der Waals surface area contributed by atoms with E-state index >= 15 is 0 Å². The lowest BCUT2D eigenvalue weighted by molar-refractivity contribution is 0.254. The van der Waals surface area contributed by atoms with Crippen molar-refractivity contribution in [2.75, 3.05) is 0 Å². The summed E-state index contributed by atoms with van der Waals surface area (Å²) in [4.78, 5) is -0.156. The minimum atomic E-state index is -0.216. The Kier molecular flexibility index (Phi) is 3.87. The lowest BCUT2D eigenvalue weighted by atomic mass is 10.0. The lowest BCUT2D eigenvalue weighted by Crippen LogP contribution is -2.05. The molecule has 3 rings (SSSR count). The maximum absolute atomic E-state index is 14.0. The van der Waals surface area contributed by atoms with Crippen molar-refractivity contribution in [1.29, 1.82) is 0 Å². The Labute approximate surface area is 134 Å². The number of rotatable bonds is 2. The third kappa shape index (κ3) is 2.63. The van der Waals surface area contributed by atoms with Crippen molar-refractivity contribution in [3.05, 3.63) is 63.4 Å². The largest absolute Gasteiger partial charge is 0.490 e. The topological polar surface area (TPSA) is 9.23 Å². The fraction of sp³-hybridized carbons (Fsp3) is 0.250. The molecule has 2 unspecified atom stereocenters. The normalized spacial score (nSPS) is 18.5. The van der Waals surface area contributed by atoms with Crippen LogP contribution in [-0.2, 0) is 6.42 Å². The minimum Gasteiger partial charge on any atom is -0.490 e. The van der Waals surface area contributed by atoms with E-state index in [0.717, 1.165) is 22.2 Å². The number of alkyl halides is 1. The van der Waals surface area contributed by atoms with Gasteiger partial charge in [0, 0.05) is 16.5 Å². The van der Waals surface area contributed by atoms with Crippen molar-refractivity contribution >= 4 is 31.9 Å². The minimum absolute atomic E-state index is 0.156. The smallest absolute Gasteiger partial charge is 0.129 e. The molecule has 0 aromatic heterocycles. The molecule has 0 saturated carbocycles. The Morgan fingerprint density at radius 2 is 2.05 bits per heavy atom. The Bertz CT molecular complexity index is 657. The molecule has 104 valence electrons. The molecular weight excluding hydrogens is 387 g/mol. The van der Waals surface area contributed by atoms with Gasteiger partial charge in [0.05, 0.1) is 4.83 Å². The average molecular weight is 400 g/mol. The number of hydrogen-bond acceptors (Lipinski definition) is 1. The van der Waals surface area contributed by atoms with Crippen LogP contribution in [0.4, 0.5) is 4.39 Å². The maximum atomic E-state index is 14.0. The zero-order chi connectivity index (χ0) is 14.3. The van der Waals surface area contributed by atoms with Crippen LogP contribution >= 0.6 is 31.9 Å². The summed E-state index contributed by atoms with van der Waals surface area (Å²) in [7, 11) is 0. The van der Waals surface area contributed by atoms with Gasteiger partial charge in [0.15, 0.2) is 0 Å². The number of fused-ring (bicyclic) bond motifs is 1. The SMILES string of the molecule is CC1Cc2cc(C(Br)c3ccc(Br)cc3F)ccc2O1. The second kappa shape index (κ2) is 5.49. The van der Waals surface area contributed by atoms with Gasteiger partial charge in [-0.3, -0.25) is 0 Å². The molecule has 0 fully saturated rings. The van der Waals surface area contributed by atoms with Crippen LogP contribution in [0.2, 0.25) is 0 Å². The van der Waals surface area contributed by atoms with Gasteiger partial charge in [-0.05, 0) is 36.2 Å². The van der Waals surface area contributed by atoms with E-state index in [-0.39, 0.29) is 16.7 Å². The first-order valence-corrected chi connectivity index (χ1v) is 8.14. The zero-order valence-corrected chi connectivity index (χ0v) is 14.0. The molecule has 0 bridgehead atoms. The molecule has 0 radical (unpaired) electrons. The lowest BCUT2D eigenvalue weighted by Gasteiger charge is -2.13. The van der Waals surface area contributed by atoms with Gasteiger partial charge < -0.3 is 4.74 Å². The van der Waals surface area contributed by atoms with E-state index in [9.17, 15) is 4.39 Å². The molecule has 20 heavy (non-hydrogen) atoms. The number of ether oxygens (including phenoxy) is 1. The molecule has 1 aliphatic heterocycles. The summed E-state index contributed by atoms with van der Waals surface area (Å²) in [5.74, 6) is 0.726. The highest BCUT2D eigenvalue weighted by atomic mass is 79.9. The van der Waals surface area contributed by atoms with Gasteiger partial charge >= 0.3 is 0 Å². The van der Waals surface area contributed by atoms with E-state index in [0.29, 0.717) is 5.56 Å². The first-order valence-electron chi connectivity index (χ1n) is 6.43. The highest BCUT2D eigenvalue weighted by Gasteiger charge is 2.22. The molecule has 0 saturated heterocycles. The third-order valence-electron chi connectivity index (χ3n) is 3.45. The zero-order valence-electron chi connectivity index (χ0n) is 10.9. The van der Waals surface area contributed by atoms with Gasteiger partial charge in [-0.25, -0.2) is 4.39 Å². The van der Waals surface area contributed by atoms with Gasteiger partial charge in [-0.1, -0.05) is 50.1 Å². The standard InChI is InChI=1S/C16H13Br2FO/c1-9-6-11-7-10(2-5-15(11)20-9)16(18)13-4-3-12(17)8-14(13)19/h2-5,7-9,16H,6H2,1H3. The van der Waals surface area contributed by atoms with Crippen molar-refractivity contribution in [3.63, 3.8) is 0 Å². The predicted molar refractivity (Wildman–Crippen MR) is 85.1 cm³/mol. The molecule has 2 aromatic carbocycles. The average Bonchev–Trinajstić information content (AvgIpc) is 2.77. The third-order valence-corrected chi connectivity index (χ3v) is 4.96. The summed E-state index contributed by atoms with van der Waals surface area (Å²) in [5.41, 5.74) is 2.87. The van der Waals surface area contributed by atoms with Crippen molar-refractivity contribution in [3.8, 4) is 5.75 Å². The Balaban J connectivity index is 1.95. The van der Waals surface area contributed by atoms with Crippen LogP contribution in [0, 0.1) is 5.82 Å². The van der Waals surface area contributed by atoms with E-state index in [2.05, 4.69) is 44.8 Å². The second-order valence-corrected chi connectivity index (χ2v) is 6.86. The summed E-state index contributed by atoms with van der Waals surface area (Å²) in [6.07, 6.45) is 1.13. The van der Waals surface area contributed by atoms with Crippen LogP contribution in [0.15, 0.2) is 40.9 Å². The Morgan fingerprint density at radius 3 is 2.80 bits per heavy atom. The molecule has 0 aliphatic carbocycles. The predicted octanol–water partition coefficient (Wildman–Crippen LogP) is 5.40. The fourth-order valence-corrected chi connectivity index (χ4v) is 3.48. The summed E-state index contributed by atoms with van der Waals surface area (Å²) < 4.78 is 20.5. The van der Waals surface area contributed by atoms with E-state index in [1.807, 2.05) is 18.2 Å². The molecule has 0 amide bonds. The first kappa shape index (κ1) is 14.1. The van der Waals surface area contributed by atoms with Gasteiger partial charge in [0.25, 0.3) is 0 Å². The highest BCUT2D eigenvalue weighted by molar-refractivity contribution is 9.10. The summed E-state index contributed by atoms with van der Waals surface area (Å²) >= 11 is 6.87. The summed E-state index contributed by atoms with van der Waals surface area (Å²) in [6.45, 7) is 2.06. The van der Waals surface area contributed by atoms with Gasteiger partial charge in [-0.2, -0.15) is 0 Å². The van der Waals surface area contributed by atoms with Crippen LogP contribution < -0.4 is 4.74 Å². The fourth-order valence-electron chi connectivity index (χ4n) is 2.49. The maximum Gasteiger partial charge on any atom is 0.129 e. The second-order valence-electron chi connectivity index (χ2n) is 5.03. The van der Waals surface area contributed by atoms with E-state index < -0.39 is 0 Å². The quantitative estimate of drug-likeness (QED) is 0.614. The molecule has 0 spiro atoms. The molecule has 1 heterocycles. The number of benzene rings is 2. The van der Waals surface area contributed by atoms with E-state index in [4.69, 9.17) is 4.74 Å². The van der Waals surface area contributed by atoms with Gasteiger partial charge in [0.2, 0.25) is 0 Å². The Morgan fingerprint density at radius 1 is 1.25 bits per heavy atom. The first-order chi connectivity index (χ1) is 9.54. The van der Waals surface area contributed by atoms with Crippen LogP contribution in [0.3, 0.4) is 0 Å². The van der Waals surface area contributed by atoms with E-state index in [1.54, 1.807) is 6.07 Å². The van der Waals surface area contributed by atoms with E-state index in [1.165, 1.54) is 11.6 Å². The van der Waals surface area contributed by atoms with Crippen molar-refractivity contribution in [2.45, 2.75) is 24.3 Å². The van der Waals surface area contributed by atoms with Crippen molar-refractivity contribution in [1.82, 2.24) is 0 Å². The van der Waals surface area contributed by atoms with Crippen molar-refractivity contribution in [2.24, 2.45) is 0 Å². The molecular formula is C16H13Br2FO.